The molecule has 0 N–H and O–H groups in total. The molecule has 0 amide bonds. The van der Waals surface area contributed by atoms with Crippen LogP contribution in [0.1, 0.15) is 18.9 Å². The van der Waals surface area contributed by atoms with Crippen molar-refractivity contribution in [2.24, 2.45) is 5.92 Å². The van der Waals surface area contributed by atoms with E-state index in [0.29, 0.717) is 5.92 Å². The lowest BCUT2D eigenvalue weighted by Crippen LogP contribution is -2.01. The molecule has 0 bridgehead atoms. The van der Waals surface area contributed by atoms with E-state index < -0.39 is 0 Å². The third-order valence-corrected chi connectivity index (χ3v) is 3.50. The Morgan fingerprint density at radius 1 is 1.00 bits per heavy atom. The summed E-state index contributed by atoms with van der Waals surface area (Å²) in [6.07, 6.45) is 12.3. The smallest absolute Gasteiger partial charge is 0.0132 e. The predicted molar refractivity (Wildman–Crippen MR) is 73.5 cm³/mol. The topological polar surface area (TPSA) is 0 Å². The van der Waals surface area contributed by atoms with Crippen LogP contribution in [0.5, 0.6) is 0 Å². The summed E-state index contributed by atoms with van der Waals surface area (Å²) in [6.45, 7) is 2.22. The average Bonchev–Trinajstić information content (AvgIpc) is 2.61. The Morgan fingerprint density at radius 3 is 2.59 bits per heavy atom. The Hall–Kier alpha value is -1.82. The third-order valence-electron chi connectivity index (χ3n) is 3.50. The minimum atomic E-state index is 0.549. The monoisotopic (exact) mass is 220 g/mol. The van der Waals surface area contributed by atoms with Gasteiger partial charge in [0.15, 0.2) is 0 Å². The van der Waals surface area contributed by atoms with Gasteiger partial charge in [0.2, 0.25) is 0 Å². The zero-order chi connectivity index (χ0) is 11.7. The largest absolute Gasteiger partial charge is 0.0721 e. The van der Waals surface area contributed by atoms with Gasteiger partial charge in [0.05, 0.1) is 0 Å². The second-order valence-corrected chi connectivity index (χ2v) is 4.79. The van der Waals surface area contributed by atoms with Gasteiger partial charge < -0.3 is 0 Å². The number of fused-ring (bicyclic) bond motifs is 1. The van der Waals surface area contributed by atoms with Crippen LogP contribution < -0.4 is 0 Å². The van der Waals surface area contributed by atoms with Crippen molar-refractivity contribution in [2.75, 3.05) is 0 Å². The van der Waals surface area contributed by atoms with Crippen LogP contribution in [-0.2, 0) is 0 Å². The molecule has 0 nitrogen and oxygen atoms in total. The molecule has 0 radical (unpaired) electrons. The fourth-order valence-electron chi connectivity index (χ4n) is 2.71. The standard InChI is InChI=1S/C17H16/c1-13-11-15-9-5-6-10-16(17(15)12-13)14-7-3-2-4-8-14/h2-11,17H,12H2,1H3. The number of hydrogen-bond acceptors (Lipinski definition) is 0. The first kappa shape index (κ1) is 10.3. The lowest BCUT2D eigenvalue weighted by molar-refractivity contribution is 0.828. The maximum absolute atomic E-state index is 2.33. The fourth-order valence-corrected chi connectivity index (χ4v) is 2.71. The maximum atomic E-state index is 2.33. The van der Waals surface area contributed by atoms with Gasteiger partial charge in [-0.05, 0) is 30.1 Å². The lowest BCUT2D eigenvalue weighted by Gasteiger charge is -2.16. The van der Waals surface area contributed by atoms with Crippen LogP contribution in [0.2, 0.25) is 0 Å². The molecule has 0 aliphatic heterocycles. The van der Waals surface area contributed by atoms with E-state index in [4.69, 9.17) is 0 Å². The van der Waals surface area contributed by atoms with Crippen LogP contribution in [0.15, 0.2) is 71.9 Å². The highest BCUT2D eigenvalue weighted by Crippen LogP contribution is 2.40. The van der Waals surface area contributed by atoms with Gasteiger partial charge in [-0.15, -0.1) is 0 Å². The molecule has 0 fully saturated rings. The molecule has 1 aromatic rings. The first-order valence-corrected chi connectivity index (χ1v) is 6.15. The molecule has 0 aromatic heterocycles. The summed E-state index contributed by atoms with van der Waals surface area (Å²) in [5.41, 5.74) is 5.72. The molecular formula is C17H16. The molecule has 2 aliphatic rings. The van der Waals surface area contributed by atoms with E-state index in [9.17, 15) is 0 Å². The van der Waals surface area contributed by atoms with E-state index in [1.165, 1.54) is 22.3 Å². The van der Waals surface area contributed by atoms with Crippen LogP contribution in [0.25, 0.3) is 5.57 Å². The SMILES string of the molecule is CC1=CC2=CC=CC=C(c3ccccc3)C2C1. The van der Waals surface area contributed by atoms with E-state index in [0.717, 1.165) is 6.42 Å². The van der Waals surface area contributed by atoms with Crippen molar-refractivity contribution >= 4 is 5.57 Å². The second kappa shape index (κ2) is 4.21. The summed E-state index contributed by atoms with van der Waals surface area (Å²) >= 11 is 0. The number of rotatable bonds is 1. The number of hydrogen-bond donors (Lipinski definition) is 0. The third kappa shape index (κ3) is 1.91. The zero-order valence-corrected chi connectivity index (χ0v) is 10.1. The van der Waals surface area contributed by atoms with Crippen molar-refractivity contribution in [3.8, 4) is 0 Å². The van der Waals surface area contributed by atoms with Crippen LogP contribution in [0.4, 0.5) is 0 Å². The van der Waals surface area contributed by atoms with Crippen LogP contribution in [0.3, 0.4) is 0 Å². The molecule has 0 saturated heterocycles. The van der Waals surface area contributed by atoms with E-state index >= 15 is 0 Å². The Balaban J connectivity index is 2.04. The molecule has 0 heteroatoms. The summed E-state index contributed by atoms with van der Waals surface area (Å²) in [5.74, 6) is 0.549. The van der Waals surface area contributed by atoms with E-state index in [1.807, 2.05) is 0 Å². The van der Waals surface area contributed by atoms with Gasteiger partial charge in [0, 0.05) is 5.92 Å². The number of benzene rings is 1. The van der Waals surface area contributed by atoms with Crippen LogP contribution >= 0.6 is 0 Å². The van der Waals surface area contributed by atoms with Crippen molar-refractivity contribution in [1.82, 2.24) is 0 Å². The molecule has 3 rings (SSSR count). The van der Waals surface area contributed by atoms with Gasteiger partial charge >= 0.3 is 0 Å². The van der Waals surface area contributed by atoms with Gasteiger partial charge in [-0.2, -0.15) is 0 Å². The quantitative estimate of drug-likeness (QED) is 0.652. The Kier molecular flexibility index (Phi) is 2.56. The van der Waals surface area contributed by atoms with E-state index in [1.54, 1.807) is 0 Å². The molecule has 2 aliphatic carbocycles. The van der Waals surface area contributed by atoms with Gasteiger partial charge in [0.1, 0.15) is 0 Å². The summed E-state index contributed by atoms with van der Waals surface area (Å²) in [4.78, 5) is 0. The molecule has 0 saturated carbocycles. The van der Waals surface area contributed by atoms with E-state index in [2.05, 4.69) is 67.6 Å². The summed E-state index contributed by atoms with van der Waals surface area (Å²) in [6, 6.07) is 10.7. The Morgan fingerprint density at radius 2 is 1.76 bits per heavy atom. The van der Waals surface area contributed by atoms with Crippen LogP contribution in [-0.4, -0.2) is 0 Å². The second-order valence-electron chi connectivity index (χ2n) is 4.79. The molecule has 17 heavy (non-hydrogen) atoms. The summed E-state index contributed by atoms with van der Waals surface area (Å²) in [7, 11) is 0. The molecule has 0 heterocycles. The van der Waals surface area contributed by atoms with Crippen LogP contribution in [0, 0.1) is 5.92 Å². The highest BCUT2D eigenvalue weighted by atomic mass is 14.3. The van der Waals surface area contributed by atoms with Gasteiger partial charge in [-0.1, -0.05) is 66.3 Å². The Bertz CT molecular complexity index is 539. The molecule has 1 aromatic carbocycles. The first-order chi connectivity index (χ1) is 8.34. The zero-order valence-electron chi connectivity index (χ0n) is 10.1. The van der Waals surface area contributed by atoms with Crippen molar-refractivity contribution in [1.29, 1.82) is 0 Å². The molecule has 84 valence electrons. The highest BCUT2D eigenvalue weighted by Gasteiger charge is 2.24. The van der Waals surface area contributed by atoms with Crippen molar-refractivity contribution in [3.63, 3.8) is 0 Å². The van der Waals surface area contributed by atoms with Crippen molar-refractivity contribution in [3.05, 3.63) is 77.4 Å². The molecule has 0 spiro atoms. The minimum Gasteiger partial charge on any atom is -0.0721 e. The maximum Gasteiger partial charge on any atom is 0.0132 e. The summed E-state index contributed by atoms with van der Waals surface area (Å²) < 4.78 is 0. The van der Waals surface area contributed by atoms with Crippen molar-refractivity contribution < 1.29 is 0 Å². The molecule has 1 unspecified atom stereocenters. The number of allylic oxidation sites excluding steroid dienone is 8. The predicted octanol–water partition coefficient (Wildman–Crippen LogP) is 4.53. The first-order valence-electron chi connectivity index (χ1n) is 6.15. The van der Waals surface area contributed by atoms with Crippen molar-refractivity contribution in [2.45, 2.75) is 13.3 Å². The van der Waals surface area contributed by atoms with Gasteiger partial charge in [-0.3, -0.25) is 0 Å². The normalized spacial score (nSPS) is 22.4. The van der Waals surface area contributed by atoms with E-state index in [-0.39, 0.29) is 0 Å². The van der Waals surface area contributed by atoms with Gasteiger partial charge in [0.25, 0.3) is 0 Å². The minimum absolute atomic E-state index is 0.549. The summed E-state index contributed by atoms with van der Waals surface area (Å²) in [5, 5.41) is 0. The fraction of sp³-hybridized carbons (Fsp3) is 0.176. The molecule has 1 atom stereocenters. The Labute approximate surface area is 103 Å². The highest BCUT2D eigenvalue weighted by molar-refractivity contribution is 5.74. The van der Waals surface area contributed by atoms with Gasteiger partial charge in [-0.25, -0.2) is 0 Å². The average molecular weight is 220 g/mol. The lowest BCUT2D eigenvalue weighted by atomic mass is 9.87. The molecular weight excluding hydrogens is 204 g/mol.